The Morgan fingerprint density at radius 3 is 2.92 bits per heavy atom. The van der Waals surface area contributed by atoms with Gasteiger partial charge in [0.1, 0.15) is 0 Å². The van der Waals surface area contributed by atoms with Crippen LogP contribution in [-0.4, -0.2) is 24.1 Å². The number of aromatic nitrogens is 2. The predicted octanol–water partition coefficient (Wildman–Crippen LogP) is 1.76. The topological polar surface area (TPSA) is 29.0 Å². The molecule has 0 saturated carbocycles. The fraction of sp³-hybridized carbons (Fsp3) is 0.250. The average molecular weight is 179 g/mol. The van der Waals surface area contributed by atoms with Crippen molar-refractivity contribution in [3.05, 3.63) is 18.5 Å². The maximum atomic E-state index is 4.42. The minimum atomic E-state index is 1.03. The number of thiazole rings is 1. The highest BCUT2D eigenvalue weighted by molar-refractivity contribution is 7.22. The molecule has 0 saturated heterocycles. The molecule has 0 radical (unpaired) electrons. The molecule has 2 aromatic heterocycles. The second-order valence-electron chi connectivity index (χ2n) is 2.73. The first-order valence-corrected chi connectivity index (χ1v) is 4.47. The van der Waals surface area contributed by atoms with Crippen LogP contribution in [0.1, 0.15) is 0 Å². The summed E-state index contributed by atoms with van der Waals surface area (Å²) in [5.41, 5.74) is 1.03. The highest BCUT2D eigenvalue weighted by Crippen LogP contribution is 2.25. The smallest absolute Gasteiger partial charge is 0.185 e. The Bertz CT molecular complexity index is 361. The lowest BCUT2D eigenvalue weighted by Gasteiger charge is -2.04. The van der Waals surface area contributed by atoms with Crippen LogP contribution in [0.25, 0.3) is 10.2 Å². The summed E-state index contributed by atoms with van der Waals surface area (Å²) in [6, 6.07) is 1.93. The Hall–Kier alpha value is -1.16. The van der Waals surface area contributed by atoms with E-state index < -0.39 is 0 Å². The van der Waals surface area contributed by atoms with Crippen LogP contribution in [0.3, 0.4) is 0 Å². The number of hydrogen-bond donors (Lipinski definition) is 0. The van der Waals surface area contributed by atoms with E-state index in [-0.39, 0.29) is 0 Å². The quantitative estimate of drug-likeness (QED) is 0.668. The van der Waals surface area contributed by atoms with Crippen LogP contribution < -0.4 is 4.90 Å². The molecule has 2 heterocycles. The van der Waals surface area contributed by atoms with Crippen molar-refractivity contribution in [1.82, 2.24) is 9.97 Å². The van der Waals surface area contributed by atoms with Gasteiger partial charge in [-0.2, -0.15) is 0 Å². The van der Waals surface area contributed by atoms with Crippen molar-refractivity contribution in [2.75, 3.05) is 19.0 Å². The summed E-state index contributed by atoms with van der Waals surface area (Å²) in [4.78, 5) is 10.5. The molecule has 0 aromatic carbocycles. The van der Waals surface area contributed by atoms with Crippen molar-refractivity contribution in [2.24, 2.45) is 0 Å². The standard InChI is InChI=1S/C8H9N3S/c1-11(2)8-10-6-3-4-9-5-7(6)12-8/h3-5H,1-2H3. The molecular weight excluding hydrogens is 170 g/mol. The van der Waals surface area contributed by atoms with Gasteiger partial charge in [0, 0.05) is 26.5 Å². The number of nitrogens with zero attached hydrogens (tertiary/aromatic N) is 3. The lowest BCUT2D eigenvalue weighted by molar-refractivity contribution is 1.11. The fourth-order valence-electron chi connectivity index (χ4n) is 0.959. The summed E-state index contributed by atoms with van der Waals surface area (Å²) < 4.78 is 1.14. The largest absolute Gasteiger partial charge is 0.354 e. The van der Waals surface area contributed by atoms with Gasteiger partial charge >= 0.3 is 0 Å². The monoisotopic (exact) mass is 179 g/mol. The lowest BCUT2D eigenvalue weighted by atomic mass is 10.4. The molecule has 0 N–H and O–H groups in total. The van der Waals surface area contributed by atoms with Gasteiger partial charge in [-0.15, -0.1) is 0 Å². The Kier molecular flexibility index (Phi) is 1.69. The number of pyridine rings is 1. The van der Waals surface area contributed by atoms with Crippen LogP contribution >= 0.6 is 11.3 Å². The summed E-state index contributed by atoms with van der Waals surface area (Å²) in [5, 5.41) is 1.03. The first-order chi connectivity index (χ1) is 5.77. The third-order valence-electron chi connectivity index (χ3n) is 1.56. The maximum Gasteiger partial charge on any atom is 0.185 e. The van der Waals surface area contributed by atoms with E-state index in [4.69, 9.17) is 0 Å². The van der Waals surface area contributed by atoms with Gasteiger partial charge < -0.3 is 4.90 Å². The number of anilines is 1. The van der Waals surface area contributed by atoms with E-state index in [9.17, 15) is 0 Å². The van der Waals surface area contributed by atoms with E-state index in [1.165, 1.54) is 0 Å². The highest BCUT2D eigenvalue weighted by atomic mass is 32.1. The molecule has 12 heavy (non-hydrogen) atoms. The van der Waals surface area contributed by atoms with Crippen molar-refractivity contribution in [1.29, 1.82) is 0 Å². The van der Waals surface area contributed by atoms with E-state index in [1.807, 2.05) is 31.3 Å². The SMILES string of the molecule is CN(C)c1nc2ccncc2s1. The van der Waals surface area contributed by atoms with Crippen LogP contribution in [0.2, 0.25) is 0 Å². The van der Waals surface area contributed by atoms with E-state index in [2.05, 4.69) is 9.97 Å². The van der Waals surface area contributed by atoms with Gasteiger partial charge in [-0.1, -0.05) is 11.3 Å². The molecule has 3 nitrogen and oxygen atoms in total. The molecule has 0 aliphatic heterocycles. The molecule has 0 amide bonds. The lowest BCUT2D eigenvalue weighted by Crippen LogP contribution is -2.07. The van der Waals surface area contributed by atoms with Crippen LogP contribution in [0, 0.1) is 0 Å². The van der Waals surface area contributed by atoms with Crippen molar-refractivity contribution in [2.45, 2.75) is 0 Å². The normalized spacial score (nSPS) is 10.5. The molecule has 0 spiro atoms. The van der Waals surface area contributed by atoms with Gasteiger partial charge in [0.15, 0.2) is 5.13 Å². The Morgan fingerprint density at radius 2 is 2.25 bits per heavy atom. The van der Waals surface area contributed by atoms with Crippen LogP contribution in [0.4, 0.5) is 5.13 Å². The van der Waals surface area contributed by atoms with Crippen molar-refractivity contribution < 1.29 is 0 Å². The first kappa shape index (κ1) is 7.49. The predicted molar refractivity (Wildman–Crippen MR) is 51.7 cm³/mol. The summed E-state index contributed by atoms with van der Waals surface area (Å²) >= 11 is 1.66. The molecule has 0 aliphatic rings. The minimum Gasteiger partial charge on any atom is -0.354 e. The number of rotatable bonds is 1. The first-order valence-electron chi connectivity index (χ1n) is 3.65. The fourth-order valence-corrected chi connectivity index (χ4v) is 1.81. The van der Waals surface area contributed by atoms with Gasteiger partial charge in [0.05, 0.1) is 10.2 Å². The van der Waals surface area contributed by atoms with Crippen LogP contribution in [-0.2, 0) is 0 Å². The number of fused-ring (bicyclic) bond motifs is 1. The molecule has 2 aromatic rings. The molecule has 0 fully saturated rings. The minimum absolute atomic E-state index is 1.03. The van der Waals surface area contributed by atoms with Crippen molar-refractivity contribution >= 4 is 26.7 Å². The van der Waals surface area contributed by atoms with Gasteiger partial charge in [-0.3, -0.25) is 4.98 Å². The Labute approximate surface area is 74.7 Å². The highest BCUT2D eigenvalue weighted by Gasteiger charge is 2.03. The Balaban J connectivity index is 2.62. The van der Waals surface area contributed by atoms with Gasteiger partial charge in [0.25, 0.3) is 0 Å². The molecular formula is C8H9N3S. The van der Waals surface area contributed by atoms with Gasteiger partial charge in [0.2, 0.25) is 0 Å². The zero-order valence-electron chi connectivity index (χ0n) is 6.98. The zero-order chi connectivity index (χ0) is 8.55. The molecule has 4 heteroatoms. The summed E-state index contributed by atoms with van der Waals surface area (Å²) in [5.74, 6) is 0. The van der Waals surface area contributed by atoms with Crippen molar-refractivity contribution in [3.63, 3.8) is 0 Å². The molecule has 2 rings (SSSR count). The summed E-state index contributed by atoms with van der Waals surface area (Å²) in [7, 11) is 3.98. The number of hydrogen-bond acceptors (Lipinski definition) is 4. The molecule has 0 bridgehead atoms. The van der Waals surface area contributed by atoms with Crippen molar-refractivity contribution in [3.8, 4) is 0 Å². The zero-order valence-corrected chi connectivity index (χ0v) is 7.80. The van der Waals surface area contributed by atoms with E-state index in [0.29, 0.717) is 0 Å². The Morgan fingerprint density at radius 1 is 1.42 bits per heavy atom. The van der Waals surface area contributed by atoms with E-state index in [0.717, 1.165) is 15.3 Å². The van der Waals surface area contributed by atoms with Gasteiger partial charge in [-0.25, -0.2) is 4.98 Å². The van der Waals surface area contributed by atoms with E-state index in [1.54, 1.807) is 17.5 Å². The summed E-state index contributed by atoms with van der Waals surface area (Å²) in [6.45, 7) is 0. The van der Waals surface area contributed by atoms with E-state index >= 15 is 0 Å². The second kappa shape index (κ2) is 2.71. The molecule has 0 unspecified atom stereocenters. The molecule has 0 aliphatic carbocycles. The molecule has 62 valence electrons. The third kappa shape index (κ3) is 1.14. The van der Waals surface area contributed by atoms with Gasteiger partial charge in [-0.05, 0) is 6.07 Å². The second-order valence-corrected chi connectivity index (χ2v) is 3.74. The maximum absolute atomic E-state index is 4.42. The third-order valence-corrected chi connectivity index (χ3v) is 2.74. The summed E-state index contributed by atoms with van der Waals surface area (Å²) in [6.07, 6.45) is 3.61. The average Bonchev–Trinajstić information content (AvgIpc) is 2.46. The molecule has 0 atom stereocenters. The van der Waals surface area contributed by atoms with Crippen LogP contribution in [0.5, 0.6) is 0 Å². The van der Waals surface area contributed by atoms with Crippen LogP contribution in [0.15, 0.2) is 18.5 Å².